The van der Waals surface area contributed by atoms with Gasteiger partial charge < -0.3 is 10.1 Å². The second kappa shape index (κ2) is 8.03. The monoisotopic (exact) mass is 402 g/mol. The van der Waals surface area contributed by atoms with Gasteiger partial charge in [0.1, 0.15) is 0 Å². The number of benzene rings is 2. The lowest BCUT2D eigenvalue weighted by atomic mass is 10.1. The van der Waals surface area contributed by atoms with E-state index in [2.05, 4.69) is 5.32 Å². The predicted octanol–water partition coefficient (Wildman–Crippen LogP) is 3.35. The highest BCUT2D eigenvalue weighted by Gasteiger charge is 2.32. The van der Waals surface area contributed by atoms with Gasteiger partial charge in [0, 0.05) is 24.3 Å². The third-order valence-corrected chi connectivity index (χ3v) is 6.80. The van der Waals surface area contributed by atoms with Crippen molar-refractivity contribution < 1.29 is 17.9 Å². The molecule has 2 aromatic carbocycles. The number of amides is 1. The van der Waals surface area contributed by atoms with E-state index in [4.69, 9.17) is 4.74 Å². The van der Waals surface area contributed by atoms with Crippen molar-refractivity contribution in [1.29, 1.82) is 0 Å². The molecule has 2 atom stereocenters. The van der Waals surface area contributed by atoms with E-state index in [1.54, 1.807) is 12.1 Å². The maximum Gasteiger partial charge on any atom is 0.255 e. The number of aryl methyl sites for hydroxylation is 1. The molecule has 0 saturated carbocycles. The number of nitrogens with one attached hydrogen (secondary N) is 1. The average Bonchev–Trinajstić information content (AvgIpc) is 2.64. The topological polar surface area (TPSA) is 75.7 Å². The van der Waals surface area contributed by atoms with Crippen molar-refractivity contribution >= 4 is 21.6 Å². The van der Waals surface area contributed by atoms with Crippen molar-refractivity contribution in [2.24, 2.45) is 0 Å². The van der Waals surface area contributed by atoms with Gasteiger partial charge in [-0.2, -0.15) is 4.31 Å². The van der Waals surface area contributed by atoms with E-state index in [1.807, 2.05) is 45.9 Å². The summed E-state index contributed by atoms with van der Waals surface area (Å²) < 4.78 is 33.1. The first-order chi connectivity index (χ1) is 13.2. The molecule has 1 N–H and O–H groups in total. The Morgan fingerprint density at radius 3 is 2.39 bits per heavy atom. The first kappa shape index (κ1) is 20.5. The number of hydrogen-bond donors (Lipinski definition) is 1. The Hall–Kier alpha value is -2.22. The molecule has 7 heteroatoms. The van der Waals surface area contributed by atoms with Crippen molar-refractivity contribution in [3.63, 3.8) is 0 Å². The van der Waals surface area contributed by atoms with Crippen LogP contribution >= 0.6 is 0 Å². The SMILES string of the molecule is Cc1cccc(NC(=O)c2cccc(S(=O)(=O)N3C[C@@H](C)O[C@@H](C)C3)c2)c1C. The molecule has 1 aliphatic heterocycles. The third kappa shape index (κ3) is 4.27. The summed E-state index contributed by atoms with van der Waals surface area (Å²) in [6.45, 7) is 8.21. The first-order valence-electron chi connectivity index (χ1n) is 9.31. The maximum atomic E-state index is 13.0. The molecular formula is C21H26N2O4S. The standard InChI is InChI=1S/C21H26N2O4S/c1-14-7-5-10-20(17(14)4)22-21(24)18-8-6-9-19(11-18)28(25,26)23-12-15(2)27-16(3)13-23/h5-11,15-16H,12-13H2,1-4H3,(H,22,24)/t15-,16+. The van der Waals surface area contributed by atoms with Gasteiger partial charge in [-0.1, -0.05) is 18.2 Å². The minimum atomic E-state index is -3.70. The second-order valence-corrected chi connectivity index (χ2v) is 9.25. The van der Waals surface area contributed by atoms with Gasteiger partial charge >= 0.3 is 0 Å². The van der Waals surface area contributed by atoms with E-state index in [1.165, 1.54) is 16.4 Å². The number of ether oxygens (including phenoxy) is 1. The van der Waals surface area contributed by atoms with Crippen molar-refractivity contribution in [3.05, 3.63) is 59.2 Å². The molecule has 0 unspecified atom stereocenters. The zero-order chi connectivity index (χ0) is 20.5. The largest absolute Gasteiger partial charge is 0.373 e. The number of carbonyl (C=O) groups is 1. The predicted molar refractivity (Wildman–Crippen MR) is 109 cm³/mol. The molecule has 1 amide bonds. The normalized spacial score (nSPS) is 20.7. The molecule has 3 rings (SSSR count). The van der Waals surface area contributed by atoms with Crippen LogP contribution in [0.2, 0.25) is 0 Å². The molecule has 0 bridgehead atoms. The van der Waals surface area contributed by atoms with Crippen LogP contribution in [-0.2, 0) is 14.8 Å². The van der Waals surface area contributed by atoms with E-state index in [0.717, 1.165) is 11.1 Å². The van der Waals surface area contributed by atoms with Crippen LogP contribution in [0.4, 0.5) is 5.69 Å². The number of hydrogen-bond acceptors (Lipinski definition) is 4. The Balaban J connectivity index is 1.85. The van der Waals surface area contributed by atoms with Crippen LogP contribution in [0.25, 0.3) is 0 Å². The van der Waals surface area contributed by atoms with Gasteiger partial charge in [0.25, 0.3) is 5.91 Å². The highest BCUT2D eigenvalue weighted by atomic mass is 32.2. The fourth-order valence-electron chi connectivity index (χ4n) is 3.35. The molecule has 28 heavy (non-hydrogen) atoms. The smallest absolute Gasteiger partial charge is 0.255 e. The van der Waals surface area contributed by atoms with Crippen molar-refractivity contribution in [2.45, 2.75) is 44.8 Å². The second-order valence-electron chi connectivity index (χ2n) is 7.31. The molecule has 0 spiro atoms. The van der Waals surface area contributed by atoms with Crippen LogP contribution in [0.1, 0.15) is 35.3 Å². The Morgan fingerprint density at radius 2 is 1.71 bits per heavy atom. The number of sulfonamides is 1. The van der Waals surface area contributed by atoms with Crippen molar-refractivity contribution in [1.82, 2.24) is 4.31 Å². The molecular weight excluding hydrogens is 376 g/mol. The number of morpholine rings is 1. The highest BCUT2D eigenvalue weighted by Crippen LogP contribution is 2.23. The summed E-state index contributed by atoms with van der Waals surface area (Å²) in [5.41, 5.74) is 3.08. The lowest BCUT2D eigenvalue weighted by molar-refractivity contribution is -0.0440. The average molecular weight is 403 g/mol. The summed E-state index contributed by atoms with van der Waals surface area (Å²) in [6.07, 6.45) is -0.344. The van der Waals surface area contributed by atoms with Crippen molar-refractivity contribution in [3.8, 4) is 0 Å². The zero-order valence-electron chi connectivity index (χ0n) is 16.6. The van der Waals surface area contributed by atoms with Gasteiger partial charge in [0.15, 0.2) is 0 Å². The molecule has 1 aliphatic rings. The Labute approximate surface area is 166 Å². The lowest BCUT2D eigenvalue weighted by Gasteiger charge is -2.34. The van der Waals surface area contributed by atoms with Gasteiger partial charge in [0.2, 0.25) is 10.0 Å². The quantitative estimate of drug-likeness (QED) is 0.851. The van der Waals surface area contributed by atoms with Crippen molar-refractivity contribution in [2.75, 3.05) is 18.4 Å². The number of rotatable bonds is 4. The fourth-order valence-corrected chi connectivity index (χ4v) is 4.99. The van der Waals surface area contributed by atoms with Gasteiger partial charge in [-0.3, -0.25) is 4.79 Å². The van der Waals surface area contributed by atoms with Crippen LogP contribution in [0.15, 0.2) is 47.4 Å². The lowest BCUT2D eigenvalue weighted by Crippen LogP contribution is -2.48. The van der Waals surface area contributed by atoms with E-state index in [9.17, 15) is 13.2 Å². The molecule has 0 radical (unpaired) electrons. The highest BCUT2D eigenvalue weighted by molar-refractivity contribution is 7.89. The summed E-state index contributed by atoms with van der Waals surface area (Å²) >= 11 is 0. The third-order valence-electron chi connectivity index (χ3n) is 4.97. The van der Waals surface area contributed by atoms with Crippen LogP contribution < -0.4 is 5.32 Å². The van der Waals surface area contributed by atoms with Crippen LogP contribution in [-0.4, -0.2) is 43.9 Å². The molecule has 1 fully saturated rings. The summed E-state index contributed by atoms with van der Waals surface area (Å²) in [6, 6.07) is 11.8. The van der Waals surface area contributed by atoms with Gasteiger partial charge in [-0.15, -0.1) is 0 Å². The van der Waals surface area contributed by atoms with E-state index in [0.29, 0.717) is 24.3 Å². The minimum absolute atomic E-state index is 0.113. The summed E-state index contributed by atoms with van der Waals surface area (Å²) in [5.74, 6) is -0.338. The Kier molecular flexibility index (Phi) is 5.88. The van der Waals surface area contributed by atoms with Gasteiger partial charge in [-0.25, -0.2) is 8.42 Å². The first-order valence-corrected chi connectivity index (χ1v) is 10.8. The van der Waals surface area contributed by atoms with E-state index < -0.39 is 10.0 Å². The number of carbonyl (C=O) groups excluding carboxylic acids is 1. The van der Waals surface area contributed by atoms with Gasteiger partial charge in [0.05, 0.1) is 17.1 Å². The Morgan fingerprint density at radius 1 is 1.07 bits per heavy atom. The van der Waals surface area contributed by atoms with Crippen LogP contribution in [0.3, 0.4) is 0 Å². The van der Waals surface area contributed by atoms with Crippen LogP contribution in [0, 0.1) is 13.8 Å². The molecule has 150 valence electrons. The zero-order valence-corrected chi connectivity index (χ0v) is 17.4. The molecule has 2 aromatic rings. The molecule has 1 saturated heterocycles. The van der Waals surface area contributed by atoms with Crippen LogP contribution in [0.5, 0.6) is 0 Å². The summed E-state index contributed by atoms with van der Waals surface area (Å²) in [7, 11) is -3.70. The summed E-state index contributed by atoms with van der Waals surface area (Å²) in [5, 5.41) is 2.87. The molecule has 0 aliphatic carbocycles. The fraction of sp³-hybridized carbons (Fsp3) is 0.381. The van der Waals surface area contributed by atoms with Gasteiger partial charge in [-0.05, 0) is 63.1 Å². The van der Waals surface area contributed by atoms with E-state index in [-0.39, 0.29) is 23.0 Å². The number of nitrogens with zero attached hydrogens (tertiary/aromatic N) is 1. The minimum Gasteiger partial charge on any atom is -0.373 e. The molecule has 6 nitrogen and oxygen atoms in total. The molecule has 0 aromatic heterocycles. The van der Waals surface area contributed by atoms with E-state index >= 15 is 0 Å². The molecule has 1 heterocycles. The number of anilines is 1. The Bertz CT molecular complexity index is 978. The maximum absolute atomic E-state index is 13.0. The summed E-state index contributed by atoms with van der Waals surface area (Å²) in [4.78, 5) is 12.8.